The summed E-state index contributed by atoms with van der Waals surface area (Å²) >= 11 is 0. The summed E-state index contributed by atoms with van der Waals surface area (Å²) in [5.41, 5.74) is 7.37. The van der Waals surface area contributed by atoms with Gasteiger partial charge in [-0.3, -0.25) is 9.13 Å². The smallest absolute Gasteiger partial charge is 0.240 e. The molecule has 0 unspecified atom stereocenters. The van der Waals surface area contributed by atoms with Crippen molar-refractivity contribution >= 4 is 75.9 Å². The summed E-state index contributed by atoms with van der Waals surface area (Å²) in [7, 11) is 0. The van der Waals surface area contributed by atoms with Gasteiger partial charge in [0.25, 0.3) is 0 Å². The molecule has 0 N–H and O–H groups in total. The second-order valence-corrected chi connectivity index (χ2v) is 14.4. The third kappa shape index (κ3) is 4.52. The lowest BCUT2D eigenvalue weighted by Gasteiger charge is -2.14. The fraction of sp³-hybridized carbons (Fsp3) is 0. The Morgan fingerprint density at radius 2 is 0.643 bits per heavy atom. The van der Waals surface area contributed by atoms with Crippen molar-refractivity contribution in [3.8, 4) is 34.4 Å². The summed E-state index contributed by atoms with van der Waals surface area (Å²) in [6.07, 6.45) is 0. The molecule has 260 valence electrons. The topological polar surface area (TPSA) is 48.5 Å². The van der Waals surface area contributed by atoms with E-state index in [0.29, 0.717) is 17.7 Å². The van der Waals surface area contributed by atoms with Crippen molar-refractivity contribution in [2.45, 2.75) is 0 Å². The van der Waals surface area contributed by atoms with Crippen molar-refractivity contribution in [3.05, 3.63) is 188 Å². The third-order valence-electron chi connectivity index (χ3n) is 11.4. The molecule has 5 nitrogen and oxygen atoms in total. The van der Waals surface area contributed by atoms with E-state index in [0.717, 1.165) is 60.3 Å². The average molecular weight is 714 g/mol. The predicted molar refractivity (Wildman–Crippen MR) is 232 cm³/mol. The zero-order valence-corrected chi connectivity index (χ0v) is 30.1. The molecule has 0 fully saturated rings. The lowest BCUT2D eigenvalue weighted by Crippen LogP contribution is -2.10. The van der Waals surface area contributed by atoms with E-state index >= 15 is 0 Å². The molecular formula is C51H31N5. The van der Waals surface area contributed by atoms with Crippen LogP contribution in [0.4, 0.5) is 0 Å². The fourth-order valence-electron chi connectivity index (χ4n) is 8.86. The van der Waals surface area contributed by atoms with Crippen LogP contribution in [-0.2, 0) is 0 Å². The second-order valence-electron chi connectivity index (χ2n) is 14.4. The van der Waals surface area contributed by atoms with Crippen LogP contribution in [-0.4, -0.2) is 24.1 Å². The lowest BCUT2D eigenvalue weighted by molar-refractivity contribution is 0.893. The highest BCUT2D eigenvalue weighted by Crippen LogP contribution is 2.39. The SMILES string of the molecule is c1ccc(-c2ccc3c4ccccc4n(-c4nc(-c5ccc6c7ccccc7c7ccccc7c6c5)nc(-n5c6ccccc6c6ccccc65)n4)c3c2)cc1. The molecule has 0 aliphatic rings. The van der Waals surface area contributed by atoms with Gasteiger partial charge in [-0.25, -0.2) is 0 Å². The molecule has 0 aliphatic carbocycles. The van der Waals surface area contributed by atoms with E-state index in [9.17, 15) is 0 Å². The van der Waals surface area contributed by atoms with Crippen molar-refractivity contribution in [1.82, 2.24) is 24.1 Å². The van der Waals surface area contributed by atoms with Gasteiger partial charge in [-0.2, -0.15) is 15.0 Å². The summed E-state index contributed by atoms with van der Waals surface area (Å²) in [5, 5.41) is 11.9. The van der Waals surface area contributed by atoms with Crippen LogP contribution < -0.4 is 0 Å². The second kappa shape index (κ2) is 11.9. The van der Waals surface area contributed by atoms with Crippen LogP contribution in [0, 0.1) is 0 Å². The number of fused-ring (bicyclic) bond motifs is 12. The van der Waals surface area contributed by atoms with E-state index in [1.807, 2.05) is 0 Å². The van der Waals surface area contributed by atoms with Crippen LogP contribution >= 0.6 is 0 Å². The van der Waals surface area contributed by atoms with Gasteiger partial charge in [0.15, 0.2) is 5.82 Å². The van der Waals surface area contributed by atoms with Gasteiger partial charge >= 0.3 is 0 Å². The summed E-state index contributed by atoms with van der Waals surface area (Å²) in [6, 6.07) is 66.8. The average Bonchev–Trinajstić information content (AvgIpc) is 3.79. The van der Waals surface area contributed by atoms with Gasteiger partial charge in [-0.05, 0) is 73.8 Å². The van der Waals surface area contributed by atoms with Gasteiger partial charge in [-0.1, -0.05) is 158 Å². The minimum absolute atomic E-state index is 0.562. The van der Waals surface area contributed by atoms with Gasteiger partial charge in [0.05, 0.1) is 22.1 Å². The summed E-state index contributed by atoms with van der Waals surface area (Å²) in [6.45, 7) is 0. The number of nitrogens with zero attached hydrogens (tertiary/aromatic N) is 5. The molecule has 12 rings (SSSR count). The van der Waals surface area contributed by atoms with Crippen LogP contribution in [0.15, 0.2) is 188 Å². The van der Waals surface area contributed by atoms with Crippen molar-refractivity contribution in [2.24, 2.45) is 0 Å². The summed E-state index contributed by atoms with van der Waals surface area (Å²) in [5.74, 6) is 1.74. The first-order valence-electron chi connectivity index (χ1n) is 19.0. The standard InChI is InChI=1S/C51H31N5/c1-2-14-32(15-3-1)33-26-29-43-42-22-10-13-25-47(42)56(48(43)31-33)51-53-49(52-50(54-51)55-45-23-11-8-20-40(45)41-21-9-12-24-46(41)55)34-27-28-39-37-18-5-4-16-35(37)36-17-6-7-19-38(36)44(39)30-34/h1-31H. The van der Waals surface area contributed by atoms with Gasteiger partial charge < -0.3 is 0 Å². The van der Waals surface area contributed by atoms with Gasteiger partial charge in [0.1, 0.15) is 0 Å². The number of para-hydroxylation sites is 3. The Kier molecular flexibility index (Phi) is 6.56. The molecule has 9 aromatic carbocycles. The highest BCUT2D eigenvalue weighted by Gasteiger charge is 2.21. The molecule has 0 amide bonds. The van der Waals surface area contributed by atoms with Crippen molar-refractivity contribution in [2.75, 3.05) is 0 Å². The van der Waals surface area contributed by atoms with Crippen LogP contribution in [0.3, 0.4) is 0 Å². The Labute approximate surface area is 321 Å². The van der Waals surface area contributed by atoms with Gasteiger partial charge in [0, 0.05) is 27.1 Å². The Morgan fingerprint density at radius 3 is 1.20 bits per heavy atom. The number of aromatic nitrogens is 5. The van der Waals surface area contributed by atoms with E-state index in [1.54, 1.807) is 0 Å². The Hall–Kier alpha value is -7.63. The first kappa shape index (κ1) is 30.8. The largest absolute Gasteiger partial charge is 0.278 e. The molecule has 0 radical (unpaired) electrons. The van der Waals surface area contributed by atoms with E-state index in [-0.39, 0.29) is 0 Å². The van der Waals surface area contributed by atoms with E-state index < -0.39 is 0 Å². The molecule has 0 bridgehead atoms. The molecule has 0 aliphatic heterocycles. The van der Waals surface area contributed by atoms with E-state index in [2.05, 4.69) is 197 Å². The summed E-state index contributed by atoms with van der Waals surface area (Å²) < 4.78 is 4.40. The van der Waals surface area contributed by atoms with Crippen molar-refractivity contribution in [1.29, 1.82) is 0 Å². The van der Waals surface area contributed by atoms with Gasteiger partial charge in [0.2, 0.25) is 11.9 Å². The van der Waals surface area contributed by atoms with Crippen LogP contribution in [0.1, 0.15) is 0 Å². The van der Waals surface area contributed by atoms with Crippen molar-refractivity contribution < 1.29 is 0 Å². The first-order chi connectivity index (χ1) is 27.8. The highest BCUT2D eigenvalue weighted by molar-refractivity contribution is 6.25. The lowest BCUT2D eigenvalue weighted by atomic mass is 9.93. The molecule has 3 heterocycles. The predicted octanol–water partition coefficient (Wildman–Crippen LogP) is 12.9. The van der Waals surface area contributed by atoms with Crippen LogP contribution in [0.25, 0.3) is 110 Å². The quantitative estimate of drug-likeness (QED) is 0.171. The molecule has 0 atom stereocenters. The Balaban J connectivity index is 1.19. The minimum atomic E-state index is 0.562. The number of rotatable bonds is 4. The molecule has 3 aromatic heterocycles. The third-order valence-corrected chi connectivity index (χ3v) is 11.4. The van der Waals surface area contributed by atoms with E-state index in [4.69, 9.17) is 15.0 Å². The maximum Gasteiger partial charge on any atom is 0.240 e. The van der Waals surface area contributed by atoms with Crippen LogP contribution in [0.5, 0.6) is 0 Å². The Bertz CT molecular complexity index is 3450. The molecular weight excluding hydrogens is 683 g/mol. The monoisotopic (exact) mass is 713 g/mol. The van der Waals surface area contributed by atoms with Crippen LogP contribution in [0.2, 0.25) is 0 Å². The molecule has 5 heteroatoms. The molecule has 0 saturated heterocycles. The van der Waals surface area contributed by atoms with Gasteiger partial charge in [-0.15, -0.1) is 0 Å². The maximum absolute atomic E-state index is 5.40. The normalized spacial score (nSPS) is 11.9. The molecule has 12 aromatic rings. The molecule has 56 heavy (non-hydrogen) atoms. The fourth-order valence-corrected chi connectivity index (χ4v) is 8.86. The maximum atomic E-state index is 5.40. The number of hydrogen-bond acceptors (Lipinski definition) is 3. The zero-order valence-electron chi connectivity index (χ0n) is 30.1. The zero-order chi connectivity index (χ0) is 36.7. The van der Waals surface area contributed by atoms with Crippen molar-refractivity contribution in [3.63, 3.8) is 0 Å². The minimum Gasteiger partial charge on any atom is -0.278 e. The molecule has 0 saturated carbocycles. The highest BCUT2D eigenvalue weighted by atomic mass is 15.3. The number of benzene rings is 9. The Morgan fingerprint density at radius 1 is 0.250 bits per heavy atom. The summed E-state index contributed by atoms with van der Waals surface area (Å²) in [4.78, 5) is 16.2. The number of hydrogen-bond donors (Lipinski definition) is 0. The molecule has 0 spiro atoms. The first-order valence-corrected chi connectivity index (χ1v) is 19.0. The van der Waals surface area contributed by atoms with E-state index in [1.165, 1.54) is 32.3 Å².